The highest BCUT2D eigenvalue weighted by Crippen LogP contribution is 2.32. The molecule has 1 aliphatic heterocycles. The molecule has 2 aliphatic rings. The highest BCUT2D eigenvalue weighted by atomic mass is 16.5. The minimum absolute atomic E-state index is 0.282. The van der Waals surface area contributed by atoms with E-state index in [9.17, 15) is 4.79 Å². The number of ether oxygens (including phenoxy) is 1. The van der Waals surface area contributed by atoms with Gasteiger partial charge in [-0.15, -0.1) is 0 Å². The molecule has 1 heterocycles. The minimum atomic E-state index is 0.282. The van der Waals surface area contributed by atoms with E-state index in [0.29, 0.717) is 5.78 Å². The normalized spacial score (nSPS) is 19.2. The number of fused-ring (bicyclic) bond motifs is 1. The summed E-state index contributed by atoms with van der Waals surface area (Å²) < 4.78 is 5.47. The van der Waals surface area contributed by atoms with Crippen LogP contribution >= 0.6 is 0 Å². The fourth-order valence-electron chi connectivity index (χ4n) is 2.23. The van der Waals surface area contributed by atoms with Crippen molar-refractivity contribution in [1.82, 2.24) is 0 Å². The Morgan fingerprint density at radius 1 is 1.33 bits per heavy atom. The summed E-state index contributed by atoms with van der Waals surface area (Å²) in [6.07, 6.45) is 4.32. The predicted molar refractivity (Wildman–Crippen MR) is 57.3 cm³/mol. The van der Waals surface area contributed by atoms with E-state index in [-0.39, 0.29) is 5.92 Å². The molecule has 0 saturated heterocycles. The van der Waals surface area contributed by atoms with Gasteiger partial charge in [0.15, 0.2) is 5.78 Å². The van der Waals surface area contributed by atoms with Crippen LogP contribution in [0.25, 0.3) is 0 Å². The fraction of sp³-hybridized carbons (Fsp3) is 0.462. The third-order valence-corrected chi connectivity index (χ3v) is 3.46. The van der Waals surface area contributed by atoms with Crippen LogP contribution in [0, 0.1) is 5.92 Å². The third kappa shape index (κ3) is 1.44. The molecule has 0 spiro atoms. The van der Waals surface area contributed by atoms with Crippen molar-refractivity contribution in [3.05, 3.63) is 29.3 Å². The summed E-state index contributed by atoms with van der Waals surface area (Å²) in [7, 11) is 0. The maximum absolute atomic E-state index is 12.0. The lowest BCUT2D eigenvalue weighted by atomic mass is 9.80. The zero-order chi connectivity index (χ0) is 10.3. The zero-order valence-electron chi connectivity index (χ0n) is 8.66. The maximum Gasteiger partial charge on any atom is 0.166 e. The number of Topliss-reactive ketones (excluding diaryl/α,β-unsaturated/α-hetero) is 1. The lowest BCUT2D eigenvalue weighted by Crippen LogP contribution is -2.21. The van der Waals surface area contributed by atoms with Crippen LogP contribution in [0.1, 0.15) is 35.2 Å². The van der Waals surface area contributed by atoms with Crippen molar-refractivity contribution in [2.24, 2.45) is 5.92 Å². The Balaban J connectivity index is 1.88. The van der Waals surface area contributed by atoms with Gasteiger partial charge in [-0.3, -0.25) is 4.79 Å². The van der Waals surface area contributed by atoms with Gasteiger partial charge in [0.2, 0.25) is 0 Å². The molecule has 0 aromatic heterocycles. The highest BCUT2D eigenvalue weighted by Gasteiger charge is 2.27. The van der Waals surface area contributed by atoms with Crippen LogP contribution in [-0.4, -0.2) is 12.4 Å². The number of rotatable bonds is 2. The first kappa shape index (κ1) is 8.96. The van der Waals surface area contributed by atoms with Gasteiger partial charge < -0.3 is 4.74 Å². The van der Waals surface area contributed by atoms with Crippen LogP contribution in [0.2, 0.25) is 0 Å². The first-order valence-corrected chi connectivity index (χ1v) is 5.64. The van der Waals surface area contributed by atoms with Gasteiger partial charge in [-0.05, 0) is 24.5 Å². The van der Waals surface area contributed by atoms with Crippen LogP contribution in [0.4, 0.5) is 0 Å². The van der Waals surface area contributed by atoms with Crippen LogP contribution < -0.4 is 4.74 Å². The van der Waals surface area contributed by atoms with E-state index in [1.165, 1.54) is 12.0 Å². The van der Waals surface area contributed by atoms with Gasteiger partial charge in [0.25, 0.3) is 0 Å². The van der Waals surface area contributed by atoms with Crippen molar-refractivity contribution in [2.45, 2.75) is 25.7 Å². The monoisotopic (exact) mass is 202 g/mol. The van der Waals surface area contributed by atoms with Gasteiger partial charge in [-0.1, -0.05) is 18.6 Å². The summed E-state index contributed by atoms with van der Waals surface area (Å²) >= 11 is 0. The second kappa shape index (κ2) is 3.37. The average molecular weight is 202 g/mol. The van der Waals surface area contributed by atoms with Crippen LogP contribution in [0.3, 0.4) is 0 Å². The molecule has 2 nitrogen and oxygen atoms in total. The van der Waals surface area contributed by atoms with E-state index in [0.717, 1.165) is 37.2 Å². The Morgan fingerprint density at radius 2 is 2.20 bits per heavy atom. The fourth-order valence-corrected chi connectivity index (χ4v) is 2.23. The topological polar surface area (TPSA) is 26.3 Å². The molecule has 1 saturated carbocycles. The van der Waals surface area contributed by atoms with Crippen molar-refractivity contribution in [3.8, 4) is 5.75 Å². The lowest BCUT2D eigenvalue weighted by molar-refractivity contribution is 0.0855. The van der Waals surface area contributed by atoms with E-state index >= 15 is 0 Å². The molecule has 0 radical (unpaired) electrons. The summed E-state index contributed by atoms with van der Waals surface area (Å²) in [5.74, 6) is 1.50. The Hall–Kier alpha value is -1.31. The molecule has 3 rings (SSSR count). The molecule has 1 aliphatic carbocycles. The number of carbonyl (C=O) groups is 1. The highest BCUT2D eigenvalue weighted by molar-refractivity contribution is 5.98. The van der Waals surface area contributed by atoms with Crippen molar-refractivity contribution < 1.29 is 9.53 Å². The molecule has 0 bridgehead atoms. The molecule has 1 aromatic carbocycles. The Kier molecular flexibility index (Phi) is 2.01. The Bertz CT molecular complexity index is 405. The summed E-state index contributed by atoms with van der Waals surface area (Å²) in [5, 5.41) is 0. The van der Waals surface area contributed by atoms with E-state index in [1.54, 1.807) is 0 Å². The summed E-state index contributed by atoms with van der Waals surface area (Å²) in [5.41, 5.74) is 2.07. The molecule has 0 amide bonds. The van der Waals surface area contributed by atoms with E-state index < -0.39 is 0 Å². The van der Waals surface area contributed by atoms with Crippen molar-refractivity contribution in [2.75, 3.05) is 6.61 Å². The standard InChI is InChI=1S/C13H14O2/c14-13(10-2-1-3-10)11-5-4-9-6-7-15-12(9)8-11/h4-5,8,10H,1-3,6-7H2. The lowest BCUT2D eigenvalue weighted by Gasteiger charge is -2.23. The molecular formula is C13H14O2. The van der Waals surface area contributed by atoms with E-state index in [2.05, 4.69) is 0 Å². The zero-order valence-corrected chi connectivity index (χ0v) is 8.66. The molecule has 0 N–H and O–H groups in total. The Labute approximate surface area is 89.2 Å². The van der Waals surface area contributed by atoms with Crippen molar-refractivity contribution in [1.29, 1.82) is 0 Å². The largest absolute Gasteiger partial charge is 0.493 e. The van der Waals surface area contributed by atoms with Crippen LogP contribution in [-0.2, 0) is 6.42 Å². The average Bonchev–Trinajstić information content (AvgIpc) is 2.61. The number of ketones is 1. The second-order valence-corrected chi connectivity index (χ2v) is 4.41. The van der Waals surface area contributed by atoms with Gasteiger partial charge in [-0.25, -0.2) is 0 Å². The number of hydrogen-bond donors (Lipinski definition) is 0. The van der Waals surface area contributed by atoms with Crippen molar-refractivity contribution >= 4 is 5.78 Å². The smallest absolute Gasteiger partial charge is 0.166 e. The third-order valence-electron chi connectivity index (χ3n) is 3.46. The SMILES string of the molecule is O=C(c1ccc2c(c1)OCC2)C1CCC1. The molecule has 15 heavy (non-hydrogen) atoms. The number of carbonyl (C=O) groups excluding carboxylic acids is 1. The molecule has 78 valence electrons. The maximum atomic E-state index is 12.0. The summed E-state index contributed by atoms with van der Waals surface area (Å²) in [6, 6.07) is 5.91. The van der Waals surface area contributed by atoms with Crippen LogP contribution in [0.5, 0.6) is 5.75 Å². The predicted octanol–water partition coefficient (Wildman–Crippen LogP) is 2.60. The van der Waals surface area contributed by atoms with Crippen LogP contribution in [0.15, 0.2) is 18.2 Å². The molecule has 0 unspecified atom stereocenters. The van der Waals surface area contributed by atoms with Crippen molar-refractivity contribution in [3.63, 3.8) is 0 Å². The van der Waals surface area contributed by atoms with Gasteiger partial charge in [0.1, 0.15) is 5.75 Å². The molecule has 0 atom stereocenters. The minimum Gasteiger partial charge on any atom is -0.493 e. The molecular weight excluding hydrogens is 188 g/mol. The van der Waals surface area contributed by atoms with Gasteiger partial charge in [0, 0.05) is 17.9 Å². The summed E-state index contributed by atoms with van der Waals surface area (Å²) in [4.78, 5) is 12.0. The van der Waals surface area contributed by atoms with Gasteiger partial charge >= 0.3 is 0 Å². The number of benzene rings is 1. The molecule has 1 fully saturated rings. The first-order valence-electron chi connectivity index (χ1n) is 5.64. The second-order valence-electron chi connectivity index (χ2n) is 4.41. The number of hydrogen-bond acceptors (Lipinski definition) is 2. The van der Waals surface area contributed by atoms with E-state index in [4.69, 9.17) is 4.74 Å². The Morgan fingerprint density at radius 3 is 2.93 bits per heavy atom. The first-order chi connectivity index (χ1) is 7.34. The quantitative estimate of drug-likeness (QED) is 0.689. The summed E-state index contributed by atoms with van der Waals surface area (Å²) in [6.45, 7) is 0.760. The van der Waals surface area contributed by atoms with E-state index in [1.807, 2.05) is 18.2 Å². The van der Waals surface area contributed by atoms with Gasteiger partial charge in [0.05, 0.1) is 6.61 Å². The van der Waals surface area contributed by atoms with Gasteiger partial charge in [-0.2, -0.15) is 0 Å². The molecule has 1 aromatic rings. The molecule has 2 heteroatoms.